The van der Waals surface area contributed by atoms with E-state index in [-0.39, 0.29) is 6.61 Å². The van der Waals surface area contributed by atoms with Crippen molar-refractivity contribution in [3.63, 3.8) is 0 Å². The van der Waals surface area contributed by atoms with Crippen LogP contribution in [0.1, 0.15) is 88.3 Å². The lowest BCUT2D eigenvalue weighted by atomic mass is 9.79. The smallest absolute Gasteiger partial charge is 0.0681 e. The normalized spacial score (nSPS) is 23.1. The molecular weight excluding hydrogens is 294 g/mol. The molecule has 2 saturated carbocycles. The topological polar surface area (TPSA) is 32.3 Å². The summed E-state index contributed by atoms with van der Waals surface area (Å²) in [4.78, 5) is 0. The summed E-state index contributed by atoms with van der Waals surface area (Å²) >= 11 is 0. The molecule has 2 N–H and O–H groups in total. The number of aliphatic hydroxyl groups is 1. The molecule has 2 aliphatic rings. The van der Waals surface area contributed by atoms with E-state index < -0.39 is 0 Å². The highest BCUT2D eigenvalue weighted by molar-refractivity contribution is 5.26. The fraction of sp³-hybridized carbons (Fsp3) is 0.727. The van der Waals surface area contributed by atoms with Crippen LogP contribution >= 0.6 is 0 Å². The fourth-order valence-corrected chi connectivity index (χ4v) is 4.91. The first-order valence-electron chi connectivity index (χ1n) is 10.2. The van der Waals surface area contributed by atoms with Crippen LogP contribution in [-0.4, -0.2) is 11.1 Å². The van der Waals surface area contributed by atoms with Crippen molar-refractivity contribution >= 4 is 0 Å². The maximum atomic E-state index is 9.52. The van der Waals surface area contributed by atoms with Gasteiger partial charge in [0.25, 0.3) is 0 Å². The van der Waals surface area contributed by atoms with Gasteiger partial charge in [0.2, 0.25) is 0 Å². The summed E-state index contributed by atoms with van der Waals surface area (Å²) in [6.45, 7) is 2.55. The summed E-state index contributed by atoms with van der Waals surface area (Å²) in [5, 5.41) is 13.6. The van der Waals surface area contributed by atoms with E-state index in [0.29, 0.717) is 12.1 Å². The molecule has 0 aromatic heterocycles. The van der Waals surface area contributed by atoms with E-state index in [1.54, 1.807) is 0 Å². The second-order valence-corrected chi connectivity index (χ2v) is 8.13. The van der Waals surface area contributed by atoms with Gasteiger partial charge < -0.3 is 10.4 Å². The van der Waals surface area contributed by atoms with E-state index in [0.717, 1.165) is 17.4 Å². The van der Waals surface area contributed by atoms with Gasteiger partial charge in [-0.15, -0.1) is 0 Å². The van der Waals surface area contributed by atoms with Crippen molar-refractivity contribution < 1.29 is 5.11 Å². The van der Waals surface area contributed by atoms with Gasteiger partial charge in [0.05, 0.1) is 6.61 Å². The van der Waals surface area contributed by atoms with Crippen LogP contribution in [0.4, 0.5) is 0 Å². The van der Waals surface area contributed by atoms with Gasteiger partial charge in [-0.2, -0.15) is 0 Å². The Balaban J connectivity index is 1.75. The molecule has 2 aliphatic carbocycles. The van der Waals surface area contributed by atoms with Crippen LogP contribution in [0.15, 0.2) is 24.3 Å². The minimum Gasteiger partial charge on any atom is -0.392 e. The van der Waals surface area contributed by atoms with Crippen molar-refractivity contribution in [2.24, 2.45) is 11.8 Å². The summed E-state index contributed by atoms with van der Waals surface area (Å²) in [5.41, 5.74) is 2.43. The standard InChI is InChI=1S/C22H35NO/c1-17(19-10-4-2-5-11-19)23-22(20-12-6-3-7-13-20)21-14-8-9-18(15-21)16-24/h8-9,14-15,17,19-20,22-24H,2-7,10-13,16H2,1H3/t17-,22?/m1/s1. The number of rotatable bonds is 6. The Morgan fingerprint density at radius 1 is 0.958 bits per heavy atom. The maximum Gasteiger partial charge on any atom is 0.0681 e. The molecule has 0 radical (unpaired) electrons. The molecule has 0 amide bonds. The van der Waals surface area contributed by atoms with E-state index in [2.05, 4.69) is 30.4 Å². The highest BCUT2D eigenvalue weighted by atomic mass is 16.3. The summed E-state index contributed by atoms with van der Waals surface area (Å²) in [5.74, 6) is 1.59. The van der Waals surface area contributed by atoms with Crippen molar-refractivity contribution in [2.75, 3.05) is 0 Å². The van der Waals surface area contributed by atoms with Crippen LogP contribution in [0.3, 0.4) is 0 Å². The van der Waals surface area contributed by atoms with Crippen molar-refractivity contribution in [1.82, 2.24) is 5.32 Å². The summed E-state index contributed by atoms with van der Waals surface area (Å²) in [6.07, 6.45) is 13.9. The molecular formula is C22H35NO. The van der Waals surface area contributed by atoms with E-state index in [1.807, 2.05) is 6.07 Å². The van der Waals surface area contributed by atoms with Crippen LogP contribution in [0.5, 0.6) is 0 Å². The lowest BCUT2D eigenvalue weighted by molar-refractivity contribution is 0.210. The third-order valence-electron chi connectivity index (χ3n) is 6.41. The molecule has 0 bridgehead atoms. The first kappa shape index (κ1) is 17.9. The molecule has 3 rings (SSSR count). The number of hydrogen-bond donors (Lipinski definition) is 2. The van der Waals surface area contributed by atoms with E-state index in [1.165, 1.54) is 69.8 Å². The Bertz CT molecular complexity index is 488. The molecule has 1 aromatic rings. The largest absolute Gasteiger partial charge is 0.392 e. The van der Waals surface area contributed by atoms with Gasteiger partial charge >= 0.3 is 0 Å². The average Bonchev–Trinajstić information content (AvgIpc) is 2.67. The Kier molecular flexibility index (Phi) is 6.74. The van der Waals surface area contributed by atoms with Gasteiger partial charge in [-0.3, -0.25) is 0 Å². The maximum absolute atomic E-state index is 9.52. The Morgan fingerprint density at radius 2 is 1.58 bits per heavy atom. The van der Waals surface area contributed by atoms with Gasteiger partial charge in [-0.05, 0) is 55.6 Å². The predicted molar refractivity (Wildman–Crippen MR) is 101 cm³/mol. The zero-order chi connectivity index (χ0) is 16.8. The number of benzene rings is 1. The molecule has 134 valence electrons. The van der Waals surface area contributed by atoms with Crippen molar-refractivity contribution in [2.45, 2.75) is 89.8 Å². The Labute approximate surface area is 148 Å². The highest BCUT2D eigenvalue weighted by Gasteiger charge is 2.29. The Morgan fingerprint density at radius 3 is 2.21 bits per heavy atom. The van der Waals surface area contributed by atoms with Crippen LogP contribution in [0, 0.1) is 11.8 Å². The molecule has 0 spiro atoms. The molecule has 2 fully saturated rings. The van der Waals surface area contributed by atoms with Gasteiger partial charge in [0, 0.05) is 12.1 Å². The molecule has 1 aromatic carbocycles. The molecule has 24 heavy (non-hydrogen) atoms. The second kappa shape index (κ2) is 9.01. The summed E-state index contributed by atoms with van der Waals surface area (Å²) in [7, 11) is 0. The zero-order valence-electron chi connectivity index (χ0n) is 15.3. The van der Waals surface area contributed by atoms with Gasteiger partial charge in [-0.25, -0.2) is 0 Å². The predicted octanol–water partition coefficient (Wildman–Crippen LogP) is 5.36. The molecule has 0 saturated heterocycles. The third kappa shape index (κ3) is 4.61. The molecule has 1 unspecified atom stereocenters. The van der Waals surface area contributed by atoms with Crippen molar-refractivity contribution in [1.29, 1.82) is 0 Å². The molecule has 2 nitrogen and oxygen atoms in total. The van der Waals surface area contributed by atoms with Crippen molar-refractivity contribution in [3.8, 4) is 0 Å². The Hall–Kier alpha value is -0.860. The van der Waals surface area contributed by atoms with Crippen molar-refractivity contribution in [3.05, 3.63) is 35.4 Å². The lowest BCUT2D eigenvalue weighted by Crippen LogP contribution is -2.40. The minimum absolute atomic E-state index is 0.142. The number of aliphatic hydroxyl groups excluding tert-OH is 1. The molecule has 0 aliphatic heterocycles. The van der Waals surface area contributed by atoms with Gasteiger partial charge in [0.15, 0.2) is 0 Å². The highest BCUT2D eigenvalue weighted by Crippen LogP contribution is 2.36. The van der Waals surface area contributed by atoms with Crippen LogP contribution in [-0.2, 0) is 6.61 Å². The quantitative estimate of drug-likeness (QED) is 0.736. The van der Waals surface area contributed by atoms with E-state index >= 15 is 0 Å². The number of nitrogens with one attached hydrogen (secondary N) is 1. The monoisotopic (exact) mass is 329 g/mol. The average molecular weight is 330 g/mol. The number of hydrogen-bond acceptors (Lipinski definition) is 2. The van der Waals surface area contributed by atoms with Crippen LogP contribution in [0.25, 0.3) is 0 Å². The summed E-state index contributed by atoms with van der Waals surface area (Å²) < 4.78 is 0. The van der Waals surface area contributed by atoms with Crippen LogP contribution < -0.4 is 5.32 Å². The van der Waals surface area contributed by atoms with E-state index in [4.69, 9.17) is 0 Å². The SMILES string of the molecule is C[C@@H](NC(c1cccc(CO)c1)C1CCCCC1)C1CCCCC1. The second-order valence-electron chi connectivity index (χ2n) is 8.13. The zero-order valence-corrected chi connectivity index (χ0v) is 15.3. The van der Waals surface area contributed by atoms with Crippen LogP contribution in [0.2, 0.25) is 0 Å². The third-order valence-corrected chi connectivity index (χ3v) is 6.41. The molecule has 2 atom stereocenters. The van der Waals surface area contributed by atoms with Gasteiger partial charge in [0.1, 0.15) is 0 Å². The molecule has 2 heteroatoms. The fourth-order valence-electron chi connectivity index (χ4n) is 4.91. The summed E-state index contributed by atoms with van der Waals surface area (Å²) in [6, 6.07) is 9.68. The first-order chi connectivity index (χ1) is 11.8. The molecule has 0 heterocycles. The van der Waals surface area contributed by atoms with E-state index in [9.17, 15) is 5.11 Å². The minimum atomic E-state index is 0.142. The van der Waals surface area contributed by atoms with Gasteiger partial charge in [-0.1, -0.05) is 62.8 Å². The lowest BCUT2D eigenvalue weighted by Gasteiger charge is -2.37. The first-order valence-corrected chi connectivity index (χ1v) is 10.2.